The first-order valence-corrected chi connectivity index (χ1v) is 6.19. The SMILES string of the molecule is O=C(O)C(Nc1cccc(F)c1)c1ccc(C(F)(F)F)cc1. The summed E-state index contributed by atoms with van der Waals surface area (Å²) in [6, 6.07) is 7.62. The molecular formula is C15H11F4NO2. The number of carboxylic acid groups (broad SMARTS) is 1. The second kappa shape index (κ2) is 6.05. The minimum atomic E-state index is -4.49. The Hall–Kier alpha value is -2.57. The maximum atomic E-state index is 13.1. The highest BCUT2D eigenvalue weighted by Crippen LogP contribution is 2.30. The number of alkyl halides is 3. The number of carbonyl (C=O) groups is 1. The van der Waals surface area contributed by atoms with E-state index in [0.717, 1.165) is 30.3 Å². The monoisotopic (exact) mass is 313 g/mol. The molecule has 7 heteroatoms. The maximum absolute atomic E-state index is 13.1. The van der Waals surface area contributed by atoms with E-state index in [4.69, 9.17) is 0 Å². The number of rotatable bonds is 4. The van der Waals surface area contributed by atoms with Crippen LogP contribution in [0.3, 0.4) is 0 Å². The zero-order valence-corrected chi connectivity index (χ0v) is 11.1. The Balaban J connectivity index is 2.27. The summed E-state index contributed by atoms with van der Waals surface area (Å²) in [5, 5.41) is 11.8. The van der Waals surface area contributed by atoms with Crippen molar-refractivity contribution in [1.82, 2.24) is 0 Å². The summed E-state index contributed by atoms with van der Waals surface area (Å²) in [4.78, 5) is 11.3. The molecule has 0 saturated carbocycles. The minimum Gasteiger partial charge on any atom is -0.479 e. The highest BCUT2D eigenvalue weighted by molar-refractivity contribution is 5.79. The molecule has 2 N–H and O–H groups in total. The van der Waals surface area contributed by atoms with Crippen LogP contribution in [0, 0.1) is 5.82 Å². The Labute approximate surface area is 123 Å². The van der Waals surface area contributed by atoms with E-state index >= 15 is 0 Å². The first-order valence-electron chi connectivity index (χ1n) is 6.19. The van der Waals surface area contributed by atoms with Crippen molar-refractivity contribution in [1.29, 1.82) is 0 Å². The molecule has 0 heterocycles. The molecule has 0 spiro atoms. The highest BCUT2D eigenvalue weighted by atomic mass is 19.4. The summed E-state index contributed by atoms with van der Waals surface area (Å²) < 4.78 is 50.6. The van der Waals surface area contributed by atoms with Crippen LogP contribution in [0.5, 0.6) is 0 Å². The van der Waals surface area contributed by atoms with Gasteiger partial charge in [-0.15, -0.1) is 0 Å². The van der Waals surface area contributed by atoms with Gasteiger partial charge in [-0.25, -0.2) is 9.18 Å². The van der Waals surface area contributed by atoms with Crippen LogP contribution in [0.1, 0.15) is 17.2 Å². The van der Waals surface area contributed by atoms with Crippen molar-refractivity contribution in [3.8, 4) is 0 Å². The van der Waals surface area contributed by atoms with E-state index in [1.165, 1.54) is 18.2 Å². The largest absolute Gasteiger partial charge is 0.479 e. The van der Waals surface area contributed by atoms with E-state index in [9.17, 15) is 27.5 Å². The van der Waals surface area contributed by atoms with Crippen molar-refractivity contribution in [2.24, 2.45) is 0 Å². The van der Waals surface area contributed by atoms with Gasteiger partial charge in [0.1, 0.15) is 5.82 Å². The van der Waals surface area contributed by atoms with E-state index in [0.29, 0.717) is 0 Å². The van der Waals surface area contributed by atoms with Crippen molar-refractivity contribution in [2.45, 2.75) is 12.2 Å². The first-order chi connectivity index (χ1) is 10.3. The van der Waals surface area contributed by atoms with Crippen molar-refractivity contribution in [2.75, 3.05) is 5.32 Å². The van der Waals surface area contributed by atoms with Gasteiger partial charge in [-0.3, -0.25) is 0 Å². The van der Waals surface area contributed by atoms with E-state index in [1.807, 2.05) is 0 Å². The fourth-order valence-corrected chi connectivity index (χ4v) is 1.90. The zero-order valence-electron chi connectivity index (χ0n) is 11.1. The van der Waals surface area contributed by atoms with Crippen LogP contribution in [-0.2, 0) is 11.0 Å². The van der Waals surface area contributed by atoms with Crippen LogP contribution in [0.15, 0.2) is 48.5 Å². The number of halogens is 4. The third-order valence-electron chi connectivity index (χ3n) is 2.95. The lowest BCUT2D eigenvalue weighted by Crippen LogP contribution is -2.20. The molecular weight excluding hydrogens is 302 g/mol. The molecule has 0 bridgehead atoms. The van der Waals surface area contributed by atoms with Crippen LogP contribution >= 0.6 is 0 Å². The number of hydrogen-bond donors (Lipinski definition) is 2. The average molecular weight is 313 g/mol. The number of benzene rings is 2. The molecule has 0 aromatic heterocycles. The molecule has 2 rings (SSSR count). The number of hydrogen-bond acceptors (Lipinski definition) is 2. The molecule has 116 valence electrons. The molecule has 0 amide bonds. The van der Waals surface area contributed by atoms with Gasteiger partial charge in [0, 0.05) is 5.69 Å². The fraction of sp³-hybridized carbons (Fsp3) is 0.133. The molecule has 1 unspecified atom stereocenters. The third kappa shape index (κ3) is 3.75. The molecule has 0 aliphatic heterocycles. The van der Waals surface area contributed by atoms with Gasteiger partial charge in [-0.1, -0.05) is 18.2 Å². The molecule has 1 atom stereocenters. The lowest BCUT2D eigenvalue weighted by atomic mass is 10.0. The summed E-state index contributed by atoms with van der Waals surface area (Å²) >= 11 is 0. The molecule has 0 aliphatic carbocycles. The molecule has 22 heavy (non-hydrogen) atoms. The summed E-state index contributed by atoms with van der Waals surface area (Å²) in [7, 11) is 0. The molecule has 0 radical (unpaired) electrons. The Bertz CT molecular complexity index is 668. The Kier molecular flexibility index (Phi) is 4.35. The van der Waals surface area contributed by atoms with Crippen LogP contribution < -0.4 is 5.32 Å². The van der Waals surface area contributed by atoms with Crippen LogP contribution in [0.2, 0.25) is 0 Å². The van der Waals surface area contributed by atoms with Crippen LogP contribution in [0.4, 0.5) is 23.2 Å². The normalized spacial score (nSPS) is 12.7. The number of aliphatic carboxylic acids is 1. The van der Waals surface area contributed by atoms with Crippen molar-refractivity contribution in [3.63, 3.8) is 0 Å². The van der Waals surface area contributed by atoms with E-state index < -0.39 is 29.6 Å². The van der Waals surface area contributed by atoms with E-state index in [2.05, 4.69) is 5.32 Å². The Morgan fingerprint density at radius 1 is 1.09 bits per heavy atom. The second-order valence-corrected chi connectivity index (χ2v) is 4.55. The van der Waals surface area contributed by atoms with Crippen LogP contribution in [-0.4, -0.2) is 11.1 Å². The first kappa shape index (κ1) is 15.8. The average Bonchev–Trinajstić information content (AvgIpc) is 2.44. The zero-order chi connectivity index (χ0) is 16.3. The Morgan fingerprint density at radius 2 is 1.73 bits per heavy atom. The highest BCUT2D eigenvalue weighted by Gasteiger charge is 2.30. The van der Waals surface area contributed by atoms with E-state index in [1.54, 1.807) is 0 Å². The smallest absolute Gasteiger partial charge is 0.416 e. The van der Waals surface area contributed by atoms with E-state index in [-0.39, 0.29) is 11.3 Å². The van der Waals surface area contributed by atoms with Crippen molar-refractivity contribution < 1.29 is 27.5 Å². The lowest BCUT2D eigenvalue weighted by molar-refractivity contribution is -0.138. The van der Waals surface area contributed by atoms with Gasteiger partial charge in [-0.2, -0.15) is 13.2 Å². The number of anilines is 1. The van der Waals surface area contributed by atoms with Gasteiger partial charge >= 0.3 is 12.1 Å². The summed E-state index contributed by atoms with van der Waals surface area (Å²) in [5.74, 6) is -1.84. The fourth-order valence-electron chi connectivity index (χ4n) is 1.90. The maximum Gasteiger partial charge on any atom is 0.416 e. The molecule has 2 aromatic rings. The van der Waals surface area contributed by atoms with Gasteiger partial charge in [-0.05, 0) is 35.9 Å². The summed E-state index contributed by atoms with van der Waals surface area (Å²) in [6.45, 7) is 0. The van der Waals surface area contributed by atoms with Gasteiger partial charge in [0.15, 0.2) is 6.04 Å². The standard InChI is InChI=1S/C15H11F4NO2/c16-11-2-1-3-12(8-11)20-13(14(21)22)9-4-6-10(7-5-9)15(17,18)19/h1-8,13,20H,(H,21,22). The second-order valence-electron chi connectivity index (χ2n) is 4.55. The topological polar surface area (TPSA) is 49.3 Å². The summed E-state index contributed by atoms with van der Waals surface area (Å²) in [5.41, 5.74) is -0.525. The lowest BCUT2D eigenvalue weighted by Gasteiger charge is -2.17. The van der Waals surface area contributed by atoms with Gasteiger partial charge < -0.3 is 10.4 Å². The van der Waals surface area contributed by atoms with Crippen molar-refractivity contribution in [3.05, 3.63) is 65.5 Å². The molecule has 3 nitrogen and oxygen atoms in total. The molecule has 0 saturated heterocycles. The predicted molar refractivity (Wildman–Crippen MR) is 71.8 cm³/mol. The van der Waals surface area contributed by atoms with Crippen molar-refractivity contribution >= 4 is 11.7 Å². The minimum absolute atomic E-state index is 0.129. The van der Waals surface area contributed by atoms with Crippen LogP contribution in [0.25, 0.3) is 0 Å². The summed E-state index contributed by atoms with van der Waals surface area (Å²) in [6.07, 6.45) is -4.49. The molecule has 0 fully saturated rings. The molecule has 0 aliphatic rings. The predicted octanol–water partition coefficient (Wildman–Crippen LogP) is 4.08. The quantitative estimate of drug-likeness (QED) is 0.836. The van der Waals surface area contributed by atoms with Gasteiger partial charge in [0.2, 0.25) is 0 Å². The number of carboxylic acids is 1. The third-order valence-corrected chi connectivity index (χ3v) is 2.95. The Morgan fingerprint density at radius 3 is 2.23 bits per heavy atom. The number of nitrogens with one attached hydrogen (secondary N) is 1. The molecule has 2 aromatic carbocycles. The van der Waals surface area contributed by atoms with Gasteiger partial charge in [0.05, 0.1) is 5.56 Å². The van der Waals surface area contributed by atoms with Gasteiger partial charge in [0.25, 0.3) is 0 Å².